The molecule has 0 spiro atoms. The van der Waals surface area contributed by atoms with Crippen molar-refractivity contribution in [2.75, 3.05) is 46.7 Å². The molecule has 4 aliphatic rings. The highest BCUT2D eigenvalue weighted by atomic mass is 32.2. The molecule has 4 atom stereocenters. The Bertz CT molecular complexity index is 3450. The minimum Gasteiger partial charge on any atom is -0.493 e. The van der Waals surface area contributed by atoms with Gasteiger partial charge in [-0.1, -0.05) is 50.3 Å². The molecule has 4 amide bonds. The van der Waals surface area contributed by atoms with Crippen molar-refractivity contribution in [3.05, 3.63) is 137 Å². The highest BCUT2D eigenvalue weighted by Crippen LogP contribution is 2.41. The lowest BCUT2D eigenvalue weighted by Crippen LogP contribution is -2.50. The van der Waals surface area contributed by atoms with Gasteiger partial charge in [-0.25, -0.2) is 26.3 Å². The number of nitrogens with two attached hydrogens (primary N) is 1. The van der Waals surface area contributed by atoms with Crippen LogP contribution in [0, 0.1) is 5.92 Å². The molecule has 5 aromatic rings. The van der Waals surface area contributed by atoms with Crippen LogP contribution >= 0.6 is 0 Å². The lowest BCUT2D eigenvalue weighted by Gasteiger charge is -2.32. The molecule has 0 fully saturated rings. The Hall–Kier alpha value is -8.22. The summed E-state index contributed by atoms with van der Waals surface area (Å²) in [5, 5.41) is 5.59. The van der Waals surface area contributed by atoms with E-state index in [-0.39, 0.29) is 76.8 Å². The monoisotopic (exact) mass is 1140 g/mol. The number of benzene rings is 5. The van der Waals surface area contributed by atoms with Crippen molar-refractivity contribution in [2.45, 2.75) is 80.8 Å². The zero-order valence-electron chi connectivity index (χ0n) is 45.7. The molecule has 6 N–H and O–H groups in total. The molecule has 5 aromatic carbocycles. The standard InChI is InChI=1S/C58H63N9O12S2/c1-33(2)54(59)56(69)64-34(3)55(68)65-41-21-35(31-78-52-27-48-46(25-50(52)76-6)57(70)66-18-16-39(23-42(66)29-62-48)37-8-12-44(13-9-37)80(72,73)60-4)20-36(22-41)32-79-53-28-49-47(26-51(53)77-7)58(71)67-19-17-40(24-43(67)30-63-49)38-10-14-45(15-11-38)81(74,75)61-5/h8-17,20-22,25-30,33-34,42-43,54,60-61H,18-19,23-24,31-32,59H2,1-7H3,(H,64,69)(H,65,68)/t34-,42-,43-,54-/m0/s1. The number of nitrogens with zero attached hydrogens (tertiary/aromatic N) is 4. The molecule has 0 saturated heterocycles. The zero-order valence-corrected chi connectivity index (χ0v) is 47.3. The molecular formula is C58H63N9O12S2. The largest absolute Gasteiger partial charge is 0.493 e. The number of carbonyl (C=O) groups excluding carboxylic acids is 4. The Labute approximate surface area is 470 Å². The van der Waals surface area contributed by atoms with Gasteiger partial charge in [-0.2, -0.15) is 0 Å². The average molecular weight is 1140 g/mol. The molecule has 9 rings (SSSR count). The van der Waals surface area contributed by atoms with E-state index in [1.807, 2.05) is 32.1 Å². The first-order valence-corrected chi connectivity index (χ1v) is 29.0. The molecule has 0 bridgehead atoms. The van der Waals surface area contributed by atoms with Crippen LogP contribution in [0.2, 0.25) is 0 Å². The average Bonchev–Trinajstić information content (AvgIpc) is 3.83. The maximum Gasteiger partial charge on any atom is 0.257 e. The smallest absolute Gasteiger partial charge is 0.257 e. The van der Waals surface area contributed by atoms with Gasteiger partial charge in [0, 0.05) is 43.3 Å². The predicted octanol–water partition coefficient (Wildman–Crippen LogP) is 6.13. The second-order valence-corrected chi connectivity index (χ2v) is 23.9. The Morgan fingerprint density at radius 3 is 1.46 bits per heavy atom. The third-order valence-electron chi connectivity index (χ3n) is 14.5. The van der Waals surface area contributed by atoms with Crippen molar-refractivity contribution in [3.8, 4) is 23.0 Å². The van der Waals surface area contributed by atoms with Gasteiger partial charge in [0.25, 0.3) is 11.8 Å². The lowest BCUT2D eigenvalue weighted by atomic mass is 9.94. The van der Waals surface area contributed by atoms with E-state index in [1.54, 1.807) is 114 Å². The summed E-state index contributed by atoms with van der Waals surface area (Å²) in [5.74, 6) is -0.546. The number of carbonyl (C=O) groups is 4. The minimum atomic E-state index is -3.61. The van der Waals surface area contributed by atoms with Gasteiger partial charge in [-0.15, -0.1) is 0 Å². The highest BCUT2D eigenvalue weighted by Gasteiger charge is 2.34. The van der Waals surface area contributed by atoms with Crippen molar-refractivity contribution >= 4 is 84.3 Å². The van der Waals surface area contributed by atoms with Crippen molar-refractivity contribution in [1.82, 2.24) is 24.6 Å². The normalized spacial score (nSPS) is 17.5. The number of aliphatic imine (C=N–C) groups is 2. The van der Waals surface area contributed by atoms with Crippen LogP contribution in [0.4, 0.5) is 17.1 Å². The zero-order chi connectivity index (χ0) is 57.9. The van der Waals surface area contributed by atoms with Crippen molar-refractivity contribution in [1.29, 1.82) is 0 Å². The van der Waals surface area contributed by atoms with E-state index < -0.39 is 56.0 Å². The molecule has 0 aromatic heterocycles. The number of hydrogen-bond acceptors (Lipinski definition) is 15. The Kier molecular flexibility index (Phi) is 16.9. The first-order chi connectivity index (χ1) is 38.7. The topological polar surface area (TPSA) is 279 Å². The first kappa shape index (κ1) is 57.5. The minimum absolute atomic E-state index is 0.0632. The molecule has 0 aliphatic carbocycles. The van der Waals surface area contributed by atoms with Crippen LogP contribution in [0.1, 0.15) is 76.6 Å². The molecular weight excluding hydrogens is 1080 g/mol. The fourth-order valence-corrected chi connectivity index (χ4v) is 11.2. The number of fused-ring (bicyclic) bond motifs is 4. The summed E-state index contributed by atoms with van der Waals surface area (Å²) in [6, 6.07) is 22.3. The maximum atomic E-state index is 14.2. The number of amides is 4. The van der Waals surface area contributed by atoms with Gasteiger partial charge in [0.2, 0.25) is 31.9 Å². The van der Waals surface area contributed by atoms with E-state index in [4.69, 9.17) is 34.7 Å². The molecule has 0 radical (unpaired) electrons. The highest BCUT2D eigenvalue weighted by molar-refractivity contribution is 7.89. The Morgan fingerprint density at radius 2 is 1.06 bits per heavy atom. The van der Waals surface area contributed by atoms with Crippen LogP contribution in [0.15, 0.2) is 123 Å². The number of methoxy groups -OCH3 is 2. The van der Waals surface area contributed by atoms with Gasteiger partial charge >= 0.3 is 0 Å². The van der Waals surface area contributed by atoms with E-state index in [1.165, 1.54) is 28.3 Å². The fourth-order valence-electron chi connectivity index (χ4n) is 9.76. The van der Waals surface area contributed by atoms with E-state index >= 15 is 0 Å². The van der Waals surface area contributed by atoms with Gasteiger partial charge in [0.1, 0.15) is 19.3 Å². The van der Waals surface area contributed by atoms with Crippen LogP contribution in [0.25, 0.3) is 11.1 Å². The van der Waals surface area contributed by atoms with E-state index in [2.05, 4.69) is 20.1 Å². The number of hydrogen-bond donors (Lipinski definition) is 5. The van der Waals surface area contributed by atoms with Crippen LogP contribution < -0.4 is 44.8 Å². The van der Waals surface area contributed by atoms with E-state index in [0.29, 0.717) is 52.2 Å². The molecule has 4 heterocycles. The van der Waals surface area contributed by atoms with Gasteiger partial charge in [-0.3, -0.25) is 29.2 Å². The predicted molar refractivity (Wildman–Crippen MR) is 307 cm³/mol. The molecule has 21 nitrogen and oxygen atoms in total. The van der Waals surface area contributed by atoms with Crippen molar-refractivity contribution in [2.24, 2.45) is 21.6 Å². The third-order valence-corrected chi connectivity index (χ3v) is 17.4. The Morgan fingerprint density at radius 1 is 0.630 bits per heavy atom. The van der Waals surface area contributed by atoms with Gasteiger partial charge < -0.3 is 45.1 Å². The summed E-state index contributed by atoms with van der Waals surface area (Å²) < 4.78 is 78.4. The molecule has 424 valence electrons. The number of anilines is 1. The Balaban J connectivity index is 0.945. The quantitative estimate of drug-likeness (QED) is 0.0623. The van der Waals surface area contributed by atoms with Crippen molar-refractivity contribution in [3.63, 3.8) is 0 Å². The molecule has 23 heteroatoms. The van der Waals surface area contributed by atoms with E-state index in [9.17, 15) is 36.0 Å². The molecule has 4 aliphatic heterocycles. The molecule has 0 unspecified atom stereocenters. The number of rotatable bonds is 19. The van der Waals surface area contributed by atoms with Crippen LogP contribution in [0.5, 0.6) is 23.0 Å². The van der Waals surface area contributed by atoms with Crippen LogP contribution in [-0.4, -0.2) is 128 Å². The fraction of sp³-hybridized carbons (Fsp3) is 0.310. The van der Waals surface area contributed by atoms with Crippen LogP contribution in [0.3, 0.4) is 0 Å². The second-order valence-electron chi connectivity index (χ2n) is 20.1. The summed E-state index contributed by atoms with van der Waals surface area (Å²) >= 11 is 0. The lowest BCUT2D eigenvalue weighted by molar-refractivity contribution is -0.127. The van der Waals surface area contributed by atoms with Crippen molar-refractivity contribution < 1.29 is 55.0 Å². The second kappa shape index (κ2) is 23.9. The van der Waals surface area contributed by atoms with Gasteiger partial charge in [0.05, 0.1) is 64.6 Å². The summed E-state index contributed by atoms with van der Waals surface area (Å²) in [6.07, 6.45) is 8.22. The maximum absolute atomic E-state index is 14.2. The summed E-state index contributed by atoms with van der Waals surface area (Å²) in [6.45, 7) is 5.62. The van der Waals surface area contributed by atoms with E-state index in [0.717, 1.165) is 22.3 Å². The summed E-state index contributed by atoms with van der Waals surface area (Å²) in [4.78, 5) is 68.1. The SMILES string of the molecule is CNS(=O)(=O)c1ccc(C2=CCN3C(=O)c4cc(OC)c(OCc5cc(COc6cc7c(cc6OC)C(=O)N6CC=C(c8ccc(S(=O)(=O)NC)cc8)C[C@H]6C=N7)cc(NC(=O)[C@H](C)NC(=O)[C@@H](N)C(C)C)c5)cc4N=C[C@@H]3C2)cc1. The number of ether oxygens (including phenoxy) is 4. The van der Waals surface area contributed by atoms with Gasteiger partial charge in [-0.05, 0) is 128 Å². The number of sulfonamides is 2. The summed E-state index contributed by atoms with van der Waals surface area (Å²) in [5.41, 5.74) is 12.5. The third kappa shape index (κ3) is 12.4. The number of nitrogens with one attached hydrogen (secondary N) is 4. The first-order valence-electron chi connectivity index (χ1n) is 26.1. The van der Waals surface area contributed by atoms with Crippen LogP contribution in [-0.2, 0) is 42.8 Å². The molecule has 81 heavy (non-hydrogen) atoms. The van der Waals surface area contributed by atoms with Gasteiger partial charge in [0.15, 0.2) is 23.0 Å². The summed E-state index contributed by atoms with van der Waals surface area (Å²) in [7, 11) is -1.59. The molecule has 0 saturated carbocycles.